The molecular weight excluding hydrogens is 801 g/mol. The van der Waals surface area contributed by atoms with Gasteiger partial charge >= 0.3 is 17.9 Å². The standard InChI is InChI=1S/C56H82O8/c1-20-43(57)64-49-42(54(14,15)16)29-36-30-56(31-37(36)46(49)55(17,18)19,32-62-44(58)23-21-34-25-38(50(2,3)4)47(60)39(26-34)51(5,6)7)33-63-45(59)24-22-35-27-40(52(8,9)10)48(61)41(28-35)53(11,12)13/h25-29,60-61H,20-24,30-33H2,1-19H3. The molecule has 64 heavy (non-hydrogen) atoms. The van der Waals surface area contributed by atoms with Crippen LogP contribution in [0.25, 0.3) is 0 Å². The molecule has 0 saturated carbocycles. The van der Waals surface area contributed by atoms with E-state index < -0.39 is 10.8 Å². The summed E-state index contributed by atoms with van der Waals surface area (Å²) in [5.74, 6) is 0.168. The Morgan fingerprint density at radius 2 is 0.875 bits per heavy atom. The molecule has 3 aromatic carbocycles. The summed E-state index contributed by atoms with van der Waals surface area (Å²) in [4.78, 5) is 40.6. The van der Waals surface area contributed by atoms with Crippen molar-refractivity contribution in [1.82, 2.24) is 0 Å². The van der Waals surface area contributed by atoms with Gasteiger partial charge in [0.25, 0.3) is 0 Å². The monoisotopic (exact) mass is 883 g/mol. The quantitative estimate of drug-likeness (QED) is 0.136. The van der Waals surface area contributed by atoms with Crippen LogP contribution in [-0.4, -0.2) is 41.3 Å². The van der Waals surface area contributed by atoms with Crippen molar-refractivity contribution in [2.45, 2.75) is 209 Å². The van der Waals surface area contributed by atoms with E-state index in [0.717, 1.165) is 55.6 Å². The first kappa shape index (κ1) is 52.3. The number of ether oxygens (including phenoxy) is 3. The fourth-order valence-corrected chi connectivity index (χ4v) is 8.92. The number of carbonyl (C=O) groups excluding carboxylic acids is 3. The Kier molecular flexibility index (Phi) is 15.1. The first-order valence-electron chi connectivity index (χ1n) is 23.4. The Bertz CT molecular complexity index is 2040. The number of rotatable bonds is 12. The molecule has 1 aliphatic rings. The van der Waals surface area contributed by atoms with Crippen molar-refractivity contribution in [1.29, 1.82) is 0 Å². The first-order valence-corrected chi connectivity index (χ1v) is 23.4. The number of hydrogen-bond donors (Lipinski definition) is 2. The second-order valence-corrected chi connectivity index (χ2v) is 24.8. The summed E-state index contributed by atoms with van der Waals surface area (Å²) in [6.45, 7) is 39.4. The molecular formula is C56H82O8. The average molecular weight is 883 g/mol. The number of benzene rings is 3. The van der Waals surface area contributed by atoms with Gasteiger partial charge in [0.05, 0.1) is 0 Å². The Hall–Kier alpha value is -4.33. The second kappa shape index (κ2) is 18.5. The van der Waals surface area contributed by atoms with E-state index >= 15 is 0 Å². The molecule has 354 valence electrons. The minimum Gasteiger partial charge on any atom is -0.507 e. The third kappa shape index (κ3) is 12.5. The molecule has 0 aromatic heterocycles. The zero-order valence-corrected chi connectivity index (χ0v) is 43.1. The van der Waals surface area contributed by atoms with Crippen LogP contribution in [0.4, 0.5) is 0 Å². The van der Waals surface area contributed by atoms with Crippen LogP contribution in [0, 0.1) is 5.41 Å². The highest BCUT2D eigenvalue weighted by Gasteiger charge is 2.45. The summed E-state index contributed by atoms with van der Waals surface area (Å²) in [6, 6.07) is 10.2. The van der Waals surface area contributed by atoms with Gasteiger partial charge in [-0.3, -0.25) is 14.4 Å². The highest BCUT2D eigenvalue weighted by molar-refractivity contribution is 5.75. The molecule has 0 spiro atoms. The maximum atomic E-state index is 13.8. The third-order valence-electron chi connectivity index (χ3n) is 12.5. The van der Waals surface area contributed by atoms with Gasteiger partial charge in [0.2, 0.25) is 0 Å². The first-order chi connectivity index (χ1) is 29.0. The summed E-state index contributed by atoms with van der Waals surface area (Å²) >= 11 is 0. The Balaban J connectivity index is 1.69. The summed E-state index contributed by atoms with van der Waals surface area (Å²) < 4.78 is 18.6. The molecule has 0 radical (unpaired) electrons. The van der Waals surface area contributed by atoms with Crippen molar-refractivity contribution in [3.05, 3.63) is 86.0 Å². The van der Waals surface area contributed by atoms with E-state index in [1.54, 1.807) is 6.92 Å². The summed E-state index contributed by atoms with van der Waals surface area (Å²) in [7, 11) is 0. The number of phenols is 2. The smallest absolute Gasteiger partial charge is 0.310 e. The van der Waals surface area contributed by atoms with Gasteiger partial charge in [-0.15, -0.1) is 0 Å². The van der Waals surface area contributed by atoms with Gasteiger partial charge in [-0.2, -0.15) is 0 Å². The molecule has 1 aliphatic carbocycles. The van der Waals surface area contributed by atoms with Crippen LogP contribution >= 0.6 is 0 Å². The van der Waals surface area contributed by atoms with Gasteiger partial charge in [0.1, 0.15) is 30.5 Å². The number of carbonyl (C=O) groups is 3. The van der Waals surface area contributed by atoms with Crippen LogP contribution in [0.5, 0.6) is 17.2 Å². The molecule has 0 heterocycles. The molecule has 8 heteroatoms. The number of aryl methyl sites for hydroxylation is 2. The van der Waals surface area contributed by atoms with E-state index in [1.807, 2.05) is 24.3 Å². The van der Waals surface area contributed by atoms with Gasteiger partial charge in [0, 0.05) is 35.8 Å². The molecule has 0 aliphatic heterocycles. The molecule has 2 N–H and O–H groups in total. The Morgan fingerprint density at radius 1 is 0.516 bits per heavy atom. The van der Waals surface area contributed by atoms with Gasteiger partial charge in [-0.05, 0) is 103 Å². The maximum Gasteiger partial charge on any atom is 0.310 e. The highest BCUT2D eigenvalue weighted by atomic mass is 16.5. The van der Waals surface area contributed by atoms with Crippen molar-refractivity contribution in [2.24, 2.45) is 5.41 Å². The predicted molar refractivity (Wildman–Crippen MR) is 259 cm³/mol. The number of hydrogen-bond acceptors (Lipinski definition) is 8. The number of fused-ring (bicyclic) bond motifs is 1. The van der Waals surface area contributed by atoms with E-state index in [4.69, 9.17) is 14.2 Å². The molecule has 0 atom stereocenters. The van der Waals surface area contributed by atoms with E-state index in [1.165, 1.54) is 0 Å². The lowest BCUT2D eigenvalue weighted by Gasteiger charge is -2.32. The lowest BCUT2D eigenvalue weighted by molar-refractivity contribution is -0.153. The average Bonchev–Trinajstić information content (AvgIpc) is 3.50. The normalized spacial score (nSPS) is 14.6. The topological polar surface area (TPSA) is 119 Å². The van der Waals surface area contributed by atoms with Crippen molar-refractivity contribution < 1.29 is 38.8 Å². The fraction of sp³-hybridized carbons (Fsp3) is 0.625. The largest absolute Gasteiger partial charge is 0.507 e. The molecule has 0 bridgehead atoms. The van der Waals surface area contributed by atoms with Crippen LogP contribution in [0.3, 0.4) is 0 Å². The molecule has 0 unspecified atom stereocenters. The lowest BCUT2D eigenvalue weighted by Crippen LogP contribution is -2.35. The van der Waals surface area contributed by atoms with E-state index in [9.17, 15) is 24.6 Å². The van der Waals surface area contributed by atoms with E-state index in [-0.39, 0.29) is 77.5 Å². The van der Waals surface area contributed by atoms with Crippen molar-refractivity contribution >= 4 is 17.9 Å². The predicted octanol–water partition coefficient (Wildman–Crippen LogP) is 12.6. The third-order valence-corrected chi connectivity index (χ3v) is 12.5. The van der Waals surface area contributed by atoms with Crippen LogP contribution in [0.15, 0.2) is 30.3 Å². The number of esters is 3. The van der Waals surface area contributed by atoms with Crippen LogP contribution in [0.2, 0.25) is 0 Å². The van der Waals surface area contributed by atoms with Crippen molar-refractivity contribution in [2.75, 3.05) is 13.2 Å². The Labute approximate surface area is 386 Å². The van der Waals surface area contributed by atoms with Crippen molar-refractivity contribution in [3.8, 4) is 17.2 Å². The molecule has 3 aromatic rings. The van der Waals surface area contributed by atoms with Crippen LogP contribution < -0.4 is 4.74 Å². The zero-order chi connectivity index (χ0) is 48.8. The van der Waals surface area contributed by atoms with Gasteiger partial charge in [-0.1, -0.05) is 162 Å². The number of aromatic hydroxyl groups is 2. The SMILES string of the molecule is CCC(=O)Oc1c(C(C)(C)C)cc2c(c1C(C)(C)C)CC(COC(=O)CCc1cc(C(C)(C)C)c(O)c(C(C)(C)C)c1)(COC(=O)CCc1cc(C(C)(C)C)c(O)c(C(C)(C)C)c1)C2. The van der Waals surface area contributed by atoms with Gasteiger partial charge in [0.15, 0.2) is 0 Å². The minimum atomic E-state index is -0.773. The van der Waals surface area contributed by atoms with E-state index in [2.05, 4.69) is 131 Å². The number of phenolic OH excluding ortho intramolecular Hbond substituents is 2. The summed E-state index contributed by atoms with van der Waals surface area (Å²) in [5.41, 5.74) is 6.52. The molecule has 0 fully saturated rings. The highest BCUT2D eigenvalue weighted by Crippen LogP contribution is 2.50. The maximum absolute atomic E-state index is 13.8. The van der Waals surface area contributed by atoms with Gasteiger partial charge in [-0.25, -0.2) is 0 Å². The summed E-state index contributed by atoms with van der Waals surface area (Å²) in [5, 5.41) is 22.6. The molecule has 4 rings (SSSR count). The van der Waals surface area contributed by atoms with Crippen LogP contribution in [-0.2, 0) is 82.0 Å². The van der Waals surface area contributed by atoms with E-state index in [0.29, 0.717) is 42.9 Å². The Morgan fingerprint density at radius 3 is 1.19 bits per heavy atom. The summed E-state index contributed by atoms with van der Waals surface area (Å²) in [6.07, 6.45) is 2.35. The second-order valence-electron chi connectivity index (χ2n) is 24.8. The molecule has 0 saturated heterocycles. The van der Waals surface area contributed by atoms with Gasteiger partial charge < -0.3 is 24.4 Å². The van der Waals surface area contributed by atoms with Crippen LogP contribution in [0.1, 0.15) is 206 Å². The fourth-order valence-electron chi connectivity index (χ4n) is 8.92. The molecule has 8 nitrogen and oxygen atoms in total. The lowest BCUT2D eigenvalue weighted by atomic mass is 9.76. The zero-order valence-electron chi connectivity index (χ0n) is 43.1. The molecule has 0 amide bonds. The minimum absolute atomic E-state index is 0.0320. The van der Waals surface area contributed by atoms with Crippen molar-refractivity contribution in [3.63, 3.8) is 0 Å².